The first-order valence-corrected chi connectivity index (χ1v) is 7.45. The Labute approximate surface area is 123 Å². The number of hydrogen-bond donors (Lipinski definition) is 2. The molecule has 1 heterocycles. The van der Waals surface area contributed by atoms with E-state index in [1.165, 1.54) is 11.3 Å². The number of thiazole rings is 1. The molecule has 0 aliphatic rings. The highest BCUT2D eigenvalue weighted by atomic mass is 32.1. The van der Waals surface area contributed by atoms with Crippen LogP contribution in [0.2, 0.25) is 0 Å². The van der Waals surface area contributed by atoms with E-state index >= 15 is 0 Å². The summed E-state index contributed by atoms with van der Waals surface area (Å²) in [6.07, 6.45) is 0. The lowest BCUT2D eigenvalue weighted by molar-refractivity contribution is -0.118. The zero-order chi connectivity index (χ0) is 14.7. The maximum Gasteiger partial charge on any atom is 0.243 e. The molecule has 5 heteroatoms. The molecule has 1 aromatic heterocycles. The second-order valence-electron chi connectivity index (χ2n) is 5.11. The maximum absolute atomic E-state index is 11.9. The molecule has 0 aliphatic heterocycles. The minimum Gasteiger partial charge on any atom is -0.320 e. The number of amides is 1. The van der Waals surface area contributed by atoms with E-state index in [4.69, 9.17) is 5.73 Å². The van der Waals surface area contributed by atoms with Crippen molar-refractivity contribution in [2.24, 2.45) is 11.7 Å². The van der Waals surface area contributed by atoms with Gasteiger partial charge in [0, 0.05) is 10.9 Å². The molecule has 0 saturated heterocycles. The second-order valence-corrected chi connectivity index (χ2v) is 5.97. The molecular weight excluding hydrogens is 270 g/mol. The van der Waals surface area contributed by atoms with Crippen LogP contribution < -0.4 is 11.1 Å². The van der Waals surface area contributed by atoms with Crippen LogP contribution in [0.5, 0.6) is 0 Å². The number of anilines is 1. The molecule has 2 rings (SSSR count). The first-order chi connectivity index (χ1) is 9.49. The number of nitrogens with one attached hydrogen (secondary N) is 1. The third kappa shape index (κ3) is 3.23. The predicted octanol–water partition coefficient (Wildman–Crippen LogP) is 3.04. The average molecular weight is 289 g/mol. The zero-order valence-corrected chi connectivity index (χ0v) is 12.7. The number of carbonyl (C=O) groups is 1. The van der Waals surface area contributed by atoms with E-state index in [-0.39, 0.29) is 11.8 Å². The van der Waals surface area contributed by atoms with Crippen LogP contribution in [0.25, 0.3) is 11.3 Å². The number of nitrogens with zero attached hydrogens (tertiary/aromatic N) is 1. The van der Waals surface area contributed by atoms with Crippen LogP contribution in [0.1, 0.15) is 19.4 Å². The predicted molar refractivity (Wildman–Crippen MR) is 83.7 cm³/mol. The molecule has 1 aromatic carbocycles. The number of hydrogen-bond acceptors (Lipinski definition) is 4. The summed E-state index contributed by atoms with van der Waals surface area (Å²) in [5, 5.41) is 5.31. The van der Waals surface area contributed by atoms with Crippen LogP contribution in [0.15, 0.2) is 29.6 Å². The van der Waals surface area contributed by atoms with Gasteiger partial charge in [-0.3, -0.25) is 4.79 Å². The normalized spacial score (nSPS) is 12.4. The summed E-state index contributed by atoms with van der Waals surface area (Å²) in [6.45, 7) is 5.89. The fourth-order valence-electron chi connectivity index (χ4n) is 1.81. The van der Waals surface area contributed by atoms with Crippen molar-refractivity contribution in [3.8, 4) is 11.3 Å². The molecule has 2 aromatic rings. The standard InChI is InChI=1S/C15H19N3OS/c1-9(2)13(16)14(19)18-15-17-12(8-20-15)11-7-5-4-6-10(11)3/h4-9,13H,16H2,1-3H3,(H,17,18,19)/t13-/m0/s1. The van der Waals surface area contributed by atoms with E-state index in [9.17, 15) is 4.79 Å². The summed E-state index contributed by atoms with van der Waals surface area (Å²) in [4.78, 5) is 16.4. The number of nitrogens with two attached hydrogens (primary N) is 1. The van der Waals surface area contributed by atoms with Crippen LogP contribution in [0.3, 0.4) is 0 Å². The topological polar surface area (TPSA) is 68.0 Å². The van der Waals surface area contributed by atoms with E-state index in [1.807, 2.05) is 50.4 Å². The summed E-state index contributed by atoms with van der Waals surface area (Å²) in [5.74, 6) is -0.0866. The SMILES string of the molecule is Cc1ccccc1-c1csc(NC(=O)[C@@H](N)C(C)C)n1. The second kappa shape index (κ2) is 6.15. The number of carbonyl (C=O) groups excluding carboxylic acids is 1. The molecule has 0 spiro atoms. The Morgan fingerprint density at radius 3 is 2.70 bits per heavy atom. The molecule has 20 heavy (non-hydrogen) atoms. The molecule has 0 saturated carbocycles. The van der Waals surface area contributed by atoms with Crippen molar-refractivity contribution in [3.63, 3.8) is 0 Å². The quantitative estimate of drug-likeness (QED) is 0.909. The molecule has 0 fully saturated rings. The monoisotopic (exact) mass is 289 g/mol. The van der Waals surface area contributed by atoms with Crippen LogP contribution in [0, 0.1) is 12.8 Å². The van der Waals surface area contributed by atoms with Crippen molar-refractivity contribution in [1.29, 1.82) is 0 Å². The average Bonchev–Trinajstić information content (AvgIpc) is 2.86. The van der Waals surface area contributed by atoms with Crippen LogP contribution in [0.4, 0.5) is 5.13 Å². The molecule has 1 atom stereocenters. The third-order valence-corrected chi connectivity index (χ3v) is 3.93. The molecule has 0 aliphatic carbocycles. The molecule has 1 amide bonds. The number of aromatic nitrogens is 1. The summed E-state index contributed by atoms with van der Waals surface area (Å²) in [7, 11) is 0. The molecule has 0 radical (unpaired) electrons. The van der Waals surface area contributed by atoms with Gasteiger partial charge in [-0.2, -0.15) is 0 Å². The van der Waals surface area contributed by atoms with E-state index in [2.05, 4.69) is 10.3 Å². The lowest BCUT2D eigenvalue weighted by atomic mass is 10.1. The van der Waals surface area contributed by atoms with Crippen LogP contribution in [-0.2, 0) is 4.79 Å². The molecular formula is C15H19N3OS. The first kappa shape index (κ1) is 14.7. The number of rotatable bonds is 4. The van der Waals surface area contributed by atoms with Gasteiger partial charge in [0.1, 0.15) is 0 Å². The Balaban J connectivity index is 2.14. The number of aryl methyl sites for hydroxylation is 1. The molecule has 3 N–H and O–H groups in total. The highest BCUT2D eigenvalue weighted by molar-refractivity contribution is 7.14. The lowest BCUT2D eigenvalue weighted by Crippen LogP contribution is -2.39. The van der Waals surface area contributed by atoms with Gasteiger partial charge in [0.05, 0.1) is 11.7 Å². The Bertz CT molecular complexity index is 607. The van der Waals surface area contributed by atoms with E-state index in [0.29, 0.717) is 5.13 Å². The number of benzene rings is 1. The van der Waals surface area contributed by atoms with Gasteiger partial charge in [0.2, 0.25) is 5.91 Å². The fourth-order valence-corrected chi connectivity index (χ4v) is 2.52. The van der Waals surface area contributed by atoms with E-state index < -0.39 is 6.04 Å². The van der Waals surface area contributed by atoms with Gasteiger partial charge in [0.25, 0.3) is 0 Å². The van der Waals surface area contributed by atoms with Crippen molar-refractivity contribution >= 4 is 22.4 Å². The first-order valence-electron chi connectivity index (χ1n) is 6.57. The third-order valence-electron chi connectivity index (χ3n) is 3.18. The molecule has 0 bridgehead atoms. The van der Waals surface area contributed by atoms with Gasteiger partial charge in [0.15, 0.2) is 5.13 Å². The largest absolute Gasteiger partial charge is 0.320 e. The van der Waals surface area contributed by atoms with Crippen molar-refractivity contribution in [2.45, 2.75) is 26.8 Å². The summed E-state index contributed by atoms with van der Waals surface area (Å²) >= 11 is 1.41. The highest BCUT2D eigenvalue weighted by Crippen LogP contribution is 2.27. The van der Waals surface area contributed by atoms with Crippen LogP contribution in [-0.4, -0.2) is 16.9 Å². The van der Waals surface area contributed by atoms with Crippen LogP contribution >= 0.6 is 11.3 Å². The zero-order valence-electron chi connectivity index (χ0n) is 11.9. The Morgan fingerprint density at radius 1 is 1.35 bits per heavy atom. The summed E-state index contributed by atoms with van der Waals surface area (Å²) < 4.78 is 0. The van der Waals surface area contributed by atoms with Gasteiger partial charge in [-0.05, 0) is 18.4 Å². The molecule has 0 unspecified atom stereocenters. The van der Waals surface area contributed by atoms with E-state index in [1.54, 1.807) is 0 Å². The minimum atomic E-state index is -0.513. The minimum absolute atomic E-state index is 0.103. The Kier molecular flexibility index (Phi) is 4.52. The fraction of sp³-hybridized carbons (Fsp3) is 0.333. The van der Waals surface area contributed by atoms with Crippen molar-refractivity contribution in [1.82, 2.24) is 4.98 Å². The summed E-state index contributed by atoms with van der Waals surface area (Å²) in [6, 6.07) is 7.53. The van der Waals surface area contributed by atoms with Gasteiger partial charge in [-0.1, -0.05) is 38.1 Å². The Hall–Kier alpha value is -1.72. The highest BCUT2D eigenvalue weighted by Gasteiger charge is 2.18. The molecule has 4 nitrogen and oxygen atoms in total. The van der Waals surface area contributed by atoms with Gasteiger partial charge in [-0.15, -0.1) is 11.3 Å². The Morgan fingerprint density at radius 2 is 2.05 bits per heavy atom. The summed E-state index contributed by atoms with van der Waals surface area (Å²) in [5.41, 5.74) is 8.93. The lowest BCUT2D eigenvalue weighted by Gasteiger charge is -2.13. The van der Waals surface area contributed by atoms with Crippen molar-refractivity contribution in [2.75, 3.05) is 5.32 Å². The molecule has 106 valence electrons. The van der Waals surface area contributed by atoms with Crippen molar-refractivity contribution < 1.29 is 4.79 Å². The van der Waals surface area contributed by atoms with Gasteiger partial charge in [-0.25, -0.2) is 4.98 Å². The van der Waals surface area contributed by atoms with Gasteiger partial charge < -0.3 is 11.1 Å². The van der Waals surface area contributed by atoms with Gasteiger partial charge >= 0.3 is 0 Å². The smallest absolute Gasteiger partial charge is 0.243 e. The van der Waals surface area contributed by atoms with E-state index in [0.717, 1.165) is 16.8 Å². The maximum atomic E-state index is 11.9. The van der Waals surface area contributed by atoms with Crippen molar-refractivity contribution in [3.05, 3.63) is 35.2 Å².